The third-order valence-corrected chi connectivity index (χ3v) is 4.28. The van der Waals surface area contributed by atoms with Crippen molar-refractivity contribution in [2.75, 3.05) is 20.2 Å². The van der Waals surface area contributed by atoms with E-state index in [0.717, 1.165) is 32.4 Å². The molecular formula is C15H23NO3. The van der Waals surface area contributed by atoms with Crippen LogP contribution in [0.3, 0.4) is 0 Å². The lowest BCUT2D eigenvalue weighted by Gasteiger charge is -2.41. The monoisotopic (exact) mass is 265 g/mol. The summed E-state index contributed by atoms with van der Waals surface area (Å²) in [5.41, 5.74) is 0. The summed E-state index contributed by atoms with van der Waals surface area (Å²) in [6, 6.07) is 0. The van der Waals surface area contributed by atoms with Crippen molar-refractivity contribution in [3.63, 3.8) is 0 Å². The smallest absolute Gasteiger partial charge is 0.309 e. The summed E-state index contributed by atoms with van der Waals surface area (Å²) < 4.78 is 4.86. The van der Waals surface area contributed by atoms with Crippen LogP contribution >= 0.6 is 0 Å². The molecule has 1 saturated heterocycles. The van der Waals surface area contributed by atoms with Crippen molar-refractivity contribution >= 4 is 11.9 Å². The molecule has 4 heteroatoms. The van der Waals surface area contributed by atoms with Crippen LogP contribution in [0, 0.1) is 17.8 Å². The quantitative estimate of drug-likeness (QED) is 0.577. The number of piperidine rings is 1. The standard InChI is InChI=1S/C15H23NO3/c1-3-4-9-16-10-8-11-6-5-7-12(15(18)19-2)13(11)14(16)17/h5-6,11-13H,3-4,7-10H2,1-2H3/t11-,12-,13+/m0/s1. The van der Waals surface area contributed by atoms with Gasteiger partial charge in [0, 0.05) is 13.1 Å². The summed E-state index contributed by atoms with van der Waals surface area (Å²) in [4.78, 5) is 26.4. The minimum atomic E-state index is -0.295. The predicted octanol–water partition coefficient (Wildman–Crippen LogP) is 2.00. The lowest BCUT2D eigenvalue weighted by Crippen LogP contribution is -2.50. The number of hydrogen-bond acceptors (Lipinski definition) is 3. The molecular weight excluding hydrogens is 242 g/mol. The molecule has 0 bridgehead atoms. The van der Waals surface area contributed by atoms with Crippen molar-refractivity contribution in [2.45, 2.75) is 32.6 Å². The number of esters is 1. The van der Waals surface area contributed by atoms with Crippen LogP contribution < -0.4 is 0 Å². The predicted molar refractivity (Wildman–Crippen MR) is 72.3 cm³/mol. The second-order valence-corrected chi connectivity index (χ2v) is 5.45. The maximum absolute atomic E-state index is 12.6. The Morgan fingerprint density at radius 2 is 2.32 bits per heavy atom. The normalized spacial score (nSPS) is 30.1. The molecule has 2 rings (SSSR count). The molecule has 1 amide bonds. The largest absolute Gasteiger partial charge is 0.469 e. The van der Waals surface area contributed by atoms with Crippen LogP contribution in [-0.4, -0.2) is 37.0 Å². The maximum atomic E-state index is 12.6. The van der Waals surface area contributed by atoms with Crippen LogP contribution in [0.4, 0.5) is 0 Å². The van der Waals surface area contributed by atoms with Crippen LogP contribution in [0.25, 0.3) is 0 Å². The lowest BCUT2D eigenvalue weighted by atomic mass is 9.71. The average molecular weight is 265 g/mol. The number of nitrogens with zero attached hydrogens (tertiary/aromatic N) is 1. The van der Waals surface area contributed by atoms with E-state index in [1.54, 1.807) is 0 Å². The van der Waals surface area contributed by atoms with E-state index in [9.17, 15) is 9.59 Å². The third kappa shape index (κ3) is 2.82. The number of fused-ring (bicyclic) bond motifs is 1. The molecule has 106 valence electrons. The molecule has 0 N–H and O–H groups in total. The first kappa shape index (κ1) is 14.1. The van der Waals surface area contributed by atoms with E-state index in [1.165, 1.54) is 7.11 Å². The highest BCUT2D eigenvalue weighted by Gasteiger charge is 2.44. The van der Waals surface area contributed by atoms with Crippen LogP contribution in [0.2, 0.25) is 0 Å². The van der Waals surface area contributed by atoms with Gasteiger partial charge in [-0.15, -0.1) is 0 Å². The summed E-state index contributed by atoms with van der Waals surface area (Å²) in [6.07, 6.45) is 7.84. The fourth-order valence-electron chi connectivity index (χ4n) is 3.19. The molecule has 0 aromatic rings. The molecule has 1 fully saturated rings. The molecule has 3 atom stereocenters. The van der Waals surface area contributed by atoms with E-state index in [-0.39, 0.29) is 29.6 Å². The number of carbonyl (C=O) groups is 2. The third-order valence-electron chi connectivity index (χ3n) is 4.28. The topological polar surface area (TPSA) is 46.6 Å². The van der Waals surface area contributed by atoms with Gasteiger partial charge in [0.1, 0.15) is 0 Å². The highest BCUT2D eigenvalue weighted by molar-refractivity contribution is 5.87. The average Bonchev–Trinajstić information content (AvgIpc) is 2.45. The first-order chi connectivity index (χ1) is 9.19. The molecule has 0 unspecified atom stereocenters. The van der Waals surface area contributed by atoms with Crippen molar-refractivity contribution < 1.29 is 14.3 Å². The summed E-state index contributed by atoms with van der Waals surface area (Å²) in [7, 11) is 1.40. The molecule has 0 spiro atoms. The van der Waals surface area contributed by atoms with Crippen molar-refractivity contribution in [2.24, 2.45) is 17.8 Å². The van der Waals surface area contributed by atoms with Gasteiger partial charge < -0.3 is 9.64 Å². The Kier molecular flexibility index (Phi) is 4.61. The van der Waals surface area contributed by atoms with Gasteiger partial charge >= 0.3 is 5.97 Å². The van der Waals surface area contributed by atoms with Crippen LogP contribution in [0.15, 0.2) is 12.2 Å². The van der Waals surface area contributed by atoms with Gasteiger partial charge in [-0.05, 0) is 25.2 Å². The van der Waals surface area contributed by atoms with E-state index >= 15 is 0 Å². The van der Waals surface area contributed by atoms with Gasteiger partial charge in [0.2, 0.25) is 5.91 Å². The van der Waals surface area contributed by atoms with Crippen LogP contribution in [0.5, 0.6) is 0 Å². The fraction of sp³-hybridized carbons (Fsp3) is 0.733. The first-order valence-electron chi connectivity index (χ1n) is 7.22. The minimum absolute atomic E-state index is 0.143. The maximum Gasteiger partial charge on any atom is 0.309 e. The number of allylic oxidation sites excluding steroid dienone is 2. The molecule has 0 aromatic carbocycles. The zero-order valence-corrected chi connectivity index (χ0v) is 11.8. The Hall–Kier alpha value is -1.32. The van der Waals surface area contributed by atoms with Gasteiger partial charge in [0.25, 0.3) is 0 Å². The zero-order valence-electron chi connectivity index (χ0n) is 11.8. The van der Waals surface area contributed by atoms with Crippen molar-refractivity contribution in [3.8, 4) is 0 Å². The van der Waals surface area contributed by atoms with E-state index in [4.69, 9.17) is 4.74 Å². The van der Waals surface area contributed by atoms with Gasteiger partial charge in [-0.3, -0.25) is 9.59 Å². The lowest BCUT2D eigenvalue weighted by molar-refractivity contribution is -0.157. The number of unbranched alkanes of at least 4 members (excludes halogenated alkanes) is 1. The van der Waals surface area contributed by atoms with E-state index < -0.39 is 0 Å². The summed E-state index contributed by atoms with van der Waals surface area (Å²) in [5.74, 6) is -0.391. The molecule has 1 aliphatic carbocycles. The number of methoxy groups -OCH3 is 1. The first-order valence-corrected chi connectivity index (χ1v) is 7.22. The van der Waals surface area contributed by atoms with E-state index in [2.05, 4.69) is 13.0 Å². The van der Waals surface area contributed by atoms with Gasteiger partial charge in [0.15, 0.2) is 0 Å². The molecule has 0 radical (unpaired) electrons. The Bertz CT molecular complexity index is 378. The fourth-order valence-corrected chi connectivity index (χ4v) is 3.19. The second kappa shape index (κ2) is 6.22. The second-order valence-electron chi connectivity index (χ2n) is 5.45. The molecule has 0 saturated carbocycles. The number of hydrogen-bond donors (Lipinski definition) is 0. The molecule has 0 aromatic heterocycles. The summed E-state index contributed by atoms with van der Waals surface area (Å²) in [6.45, 7) is 3.76. The van der Waals surface area contributed by atoms with Crippen molar-refractivity contribution in [1.82, 2.24) is 4.90 Å². The SMILES string of the molecule is CCCCN1CC[C@@H]2C=CC[C@H](C(=O)OC)[C@@H]2C1=O. The minimum Gasteiger partial charge on any atom is -0.469 e. The van der Waals surface area contributed by atoms with Crippen molar-refractivity contribution in [1.29, 1.82) is 0 Å². The van der Waals surface area contributed by atoms with E-state index in [1.807, 2.05) is 11.0 Å². The zero-order chi connectivity index (χ0) is 13.8. The number of carbonyl (C=O) groups excluding carboxylic acids is 2. The Labute approximate surface area is 114 Å². The van der Waals surface area contributed by atoms with Crippen molar-refractivity contribution in [3.05, 3.63) is 12.2 Å². The van der Waals surface area contributed by atoms with Crippen LogP contribution in [0.1, 0.15) is 32.6 Å². The Morgan fingerprint density at radius 1 is 1.53 bits per heavy atom. The molecule has 4 nitrogen and oxygen atoms in total. The molecule has 19 heavy (non-hydrogen) atoms. The van der Waals surface area contributed by atoms with E-state index in [0.29, 0.717) is 6.42 Å². The van der Waals surface area contributed by atoms with Gasteiger partial charge in [-0.2, -0.15) is 0 Å². The highest BCUT2D eigenvalue weighted by atomic mass is 16.5. The molecule has 2 aliphatic rings. The number of ether oxygens (including phenoxy) is 1. The Balaban J connectivity index is 2.13. The van der Waals surface area contributed by atoms with Gasteiger partial charge in [-0.25, -0.2) is 0 Å². The summed E-state index contributed by atoms with van der Waals surface area (Å²) in [5, 5.41) is 0. The number of rotatable bonds is 4. The Morgan fingerprint density at radius 3 is 3.00 bits per heavy atom. The van der Waals surface area contributed by atoms with Gasteiger partial charge in [0.05, 0.1) is 18.9 Å². The number of likely N-dealkylation sites (tertiary alicyclic amines) is 1. The molecule has 1 heterocycles. The van der Waals surface area contributed by atoms with Gasteiger partial charge in [-0.1, -0.05) is 25.5 Å². The molecule has 1 aliphatic heterocycles. The number of amides is 1. The van der Waals surface area contributed by atoms with Crippen LogP contribution in [-0.2, 0) is 14.3 Å². The highest BCUT2D eigenvalue weighted by Crippen LogP contribution is 2.37. The summed E-state index contributed by atoms with van der Waals surface area (Å²) >= 11 is 0.